The molecule has 1 heterocycles. The van der Waals surface area contributed by atoms with Crippen molar-refractivity contribution in [2.45, 2.75) is 24.2 Å². The topological polar surface area (TPSA) is 79.6 Å². The smallest absolute Gasteiger partial charge is 0.175 e. The van der Waals surface area contributed by atoms with Gasteiger partial charge in [0.25, 0.3) is 0 Å². The molecular formula is C28H26N2O3S. The van der Waals surface area contributed by atoms with Crippen LogP contribution in [0.1, 0.15) is 34.6 Å². The maximum absolute atomic E-state index is 12.1. The Morgan fingerprint density at radius 3 is 2.26 bits per heavy atom. The Bertz CT molecular complexity index is 1430. The van der Waals surface area contributed by atoms with Gasteiger partial charge in [-0.05, 0) is 59.0 Å². The number of rotatable bonds is 7. The third-order valence-corrected chi connectivity index (χ3v) is 7.09. The molecule has 0 aliphatic carbocycles. The zero-order valence-electron chi connectivity index (χ0n) is 19.1. The maximum Gasteiger partial charge on any atom is 0.175 e. The summed E-state index contributed by atoms with van der Waals surface area (Å²) in [6, 6.07) is 26.9. The van der Waals surface area contributed by atoms with Crippen LogP contribution < -0.4 is 0 Å². The van der Waals surface area contributed by atoms with Crippen molar-refractivity contribution in [2.75, 3.05) is 6.26 Å². The van der Waals surface area contributed by atoms with E-state index in [1.807, 2.05) is 42.5 Å². The molecule has 0 saturated carbocycles. The van der Waals surface area contributed by atoms with Crippen molar-refractivity contribution in [2.24, 2.45) is 5.16 Å². The van der Waals surface area contributed by atoms with E-state index in [2.05, 4.69) is 41.3 Å². The molecule has 0 saturated heterocycles. The number of aryl methyl sites for hydroxylation is 1. The molecule has 0 aliphatic rings. The molecule has 4 aromatic rings. The van der Waals surface area contributed by atoms with Gasteiger partial charge in [0.2, 0.25) is 0 Å². The summed E-state index contributed by atoms with van der Waals surface area (Å²) < 4.78 is 24.1. The van der Waals surface area contributed by atoms with Gasteiger partial charge in [0.05, 0.1) is 10.6 Å². The van der Waals surface area contributed by atoms with Crippen LogP contribution >= 0.6 is 0 Å². The summed E-state index contributed by atoms with van der Waals surface area (Å²) in [6.45, 7) is 2.07. The van der Waals surface area contributed by atoms with E-state index in [0.29, 0.717) is 17.0 Å². The van der Waals surface area contributed by atoms with Gasteiger partial charge in [-0.25, -0.2) is 8.42 Å². The number of benzene rings is 3. The molecular weight excluding hydrogens is 444 g/mol. The molecule has 0 amide bonds. The van der Waals surface area contributed by atoms with Crippen molar-refractivity contribution in [3.8, 4) is 11.1 Å². The van der Waals surface area contributed by atoms with Crippen molar-refractivity contribution in [1.29, 1.82) is 0 Å². The molecule has 4 rings (SSSR count). The minimum Gasteiger partial charge on any atom is -0.411 e. The van der Waals surface area contributed by atoms with E-state index in [0.717, 1.165) is 33.4 Å². The monoisotopic (exact) mass is 470 g/mol. The van der Waals surface area contributed by atoms with Crippen LogP contribution in [0.5, 0.6) is 0 Å². The Labute approximate surface area is 200 Å². The van der Waals surface area contributed by atoms with E-state index in [4.69, 9.17) is 0 Å². The first kappa shape index (κ1) is 23.4. The standard InChI is InChI=1S/C28H26N2O3S/c1-20-7-3-4-12-26(20)27(19-28(30-31)21-13-15-29-16-14-21)24-10-5-8-22(17-24)23-9-6-11-25(18-23)34(2,32)33/h3-18,27,31H,19H2,1-2H3/b30-28-. The fourth-order valence-electron chi connectivity index (χ4n) is 4.18. The quantitative estimate of drug-likeness (QED) is 0.208. The Hall–Kier alpha value is -3.77. The largest absolute Gasteiger partial charge is 0.411 e. The predicted octanol–water partition coefficient (Wildman–Crippen LogP) is 5.86. The Morgan fingerprint density at radius 2 is 1.59 bits per heavy atom. The molecule has 0 radical (unpaired) electrons. The van der Waals surface area contributed by atoms with Crippen LogP contribution in [0.3, 0.4) is 0 Å². The highest BCUT2D eigenvalue weighted by Crippen LogP contribution is 2.34. The SMILES string of the molecule is Cc1ccccc1C(C/C(=N/O)c1ccncc1)c1cccc(-c2cccc(S(C)(=O)=O)c2)c1. The second-order valence-electron chi connectivity index (χ2n) is 8.32. The van der Waals surface area contributed by atoms with Crippen LogP contribution in [0.4, 0.5) is 0 Å². The van der Waals surface area contributed by atoms with E-state index in [1.54, 1.807) is 30.6 Å². The van der Waals surface area contributed by atoms with Crippen LogP contribution in [-0.4, -0.2) is 30.6 Å². The minimum atomic E-state index is -3.31. The van der Waals surface area contributed by atoms with Crippen LogP contribution in [0.25, 0.3) is 11.1 Å². The molecule has 0 fully saturated rings. The zero-order chi connectivity index (χ0) is 24.1. The summed E-state index contributed by atoms with van der Waals surface area (Å²) in [6.07, 6.45) is 5.06. The zero-order valence-corrected chi connectivity index (χ0v) is 19.9. The molecule has 1 N–H and O–H groups in total. The predicted molar refractivity (Wildman–Crippen MR) is 135 cm³/mol. The third kappa shape index (κ3) is 5.24. The average molecular weight is 471 g/mol. The summed E-state index contributed by atoms with van der Waals surface area (Å²) in [4.78, 5) is 4.35. The highest BCUT2D eigenvalue weighted by Gasteiger charge is 2.21. The lowest BCUT2D eigenvalue weighted by molar-refractivity contribution is 0.317. The van der Waals surface area contributed by atoms with Gasteiger partial charge in [-0.3, -0.25) is 4.98 Å². The van der Waals surface area contributed by atoms with Crippen LogP contribution in [0.2, 0.25) is 0 Å². The van der Waals surface area contributed by atoms with Gasteiger partial charge in [0.1, 0.15) is 0 Å². The molecule has 1 unspecified atom stereocenters. The Morgan fingerprint density at radius 1 is 0.912 bits per heavy atom. The highest BCUT2D eigenvalue weighted by atomic mass is 32.2. The van der Waals surface area contributed by atoms with E-state index >= 15 is 0 Å². The molecule has 0 spiro atoms. The van der Waals surface area contributed by atoms with Crippen LogP contribution in [0, 0.1) is 6.92 Å². The third-order valence-electron chi connectivity index (χ3n) is 5.98. The first-order valence-corrected chi connectivity index (χ1v) is 12.8. The van der Waals surface area contributed by atoms with E-state index < -0.39 is 9.84 Å². The molecule has 5 nitrogen and oxygen atoms in total. The molecule has 6 heteroatoms. The number of sulfone groups is 1. The van der Waals surface area contributed by atoms with Crippen molar-refractivity contribution >= 4 is 15.5 Å². The Balaban J connectivity index is 1.80. The number of oxime groups is 1. The van der Waals surface area contributed by atoms with E-state index in [9.17, 15) is 13.6 Å². The van der Waals surface area contributed by atoms with E-state index in [-0.39, 0.29) is 5.92 Å². The average Bonchev–Trinajstić information content (AvgIpc) is 2.86. The van der Waals surface area contributed by atoms with Gasteiger partial charge >= 0.3 is 0 Å². The number of pyridine rings is 1. The van der Waals surface area contributed by atoms with Gasteiger partial charge in [-0.15, -0.1) is 0 Å². The van der Waals surface area contributed by atoms with Gasteiger partial charge in [-0.2, -0.15) is 0 Å². The van der Waals surface area contributed by atoms with Crippen molar-refractivity contribution in [3.05, 3.63) is 120 Å². The second kappa shape index (κ2) is 10.0. The Kier molecular flexibility index (Phi) is 6.89. The van der Waals surface area contributed by atoms with Gasteiger partial charge in [0.15, 0.2) is 9.84 Å². The normalized spacial score (nSPS) is 12.9. The fourth-order valence-corrected chi connectivity index (χ4v) is 4.85. The highest BCUT2D eigenvalue weighted by molar-refractivity contribution is 7.90. The van der Waals surface area contributed by atoms with Crippen molar-refractivity contribution in [3.63, 3.8) is 0 Å². The molecule has 0 bridgehead atoms. The maximum atomic E-state index is 12.1. The van der Waals surface area contributed by atoms with Crippen LogP contribution in [-0.2, 0) is 9.84 Å². The second-order valence-corrected chi connectivity index (χ2v) is 10.3. The molecule has 0 aliphatic heterocycles. The van der Waals surface area contributed by atoms with Crippen LogP contribution in [0.15, 0.2) is 107 Å². The number of aromatic nitrogens is 1. The number of nitrogens with zero attached hydrogens (tertiary/aromatic N) is 2. The van der Waals surface area contributed by atoms with Gasteiger partial charge in [-0.1, -0.05) is 65.8 Å². The number of hydrogen-bond donors (Lipinski definition) is 1. The summed E-state index contributed by atoms with van der Waals surface area (Å²) >= 11 is 0. The molecule has 1 aromatic heterocycles. The molecule has 3 aromatic carbocycles. The minimum absolute atomic E-state index is 0.0710. The van der Waals surface area contributed by atoms with Crippen molar-refractivity contribution in [1.82, 2.24) is 4.98 Å². The lowest BCUT2D eigenvalue weighted by Crippen LogP contribution is -2.12. The molecule has 172 valence electrons. The van der Waals surface area contributed by atoms with Gasteiger partial charge in [0, 0.05) is 36.6 Å². The number of hydrogen-bond acceptors (Lipinski definition) is 5. The molecule has 1 atom stereocenters. The van der Waals surface area contributed by atoms with Gasteiger partial charge < -0.3 is 5.21 Å². The fraction of sp³-hybridized carbons (Fsp3) is 0.143. The van der Waals surface area contributed by atoms with Crippen molar-refractivity contribution < 1.29 is 13.6 Å². The first-order chi connectivity index (χ1) is 16.4. The molecule has 34 heavy (non-hydrogen) atoms. The summed E-state index contributed by atoms with van der Waals surface area (Å²) in [5.41, 5.74) is 6.47. The summed E-state index contributed by atoms with van der Waals surface area (Å²) in [5, 5.41) is 13.5. The lowest BCUT2D eigenvalue weighted by Gasteiger charge is -2.21. The van der Waals surface area contributed by atoms with E-state index in [1.165, 1.54) is 6.26 Å². The first-order valence-electron chi connectivity index (χ1n) is 10.9. The summed E-state index contributed by atoms with van der Waals surface area (Å²) in [5.74, 6) is -0.0710. The summed E-state index contributed by atoms with van der Waals surface area (Å²) in [7, 11) is -3.31. The lowest BCUT2D eigenvalue weighted by atomic mass is 9.82.